The Balaban J connectivity index is 2.00. The zero-order chi connectivity index (χ0) is 13.8. The van der Waals surface area contributed by atoms with Gasteiger partial charge >= 0.3 is 0 Å². The van der Waals surface area contributed by atoms with Crippen LogP contribution >= 0.6 is 38.9 Å². The van der Waals surface area contributed by atoms with E-state index in [1.54, 1.807) is 11.3 Å². The van der Waals surface area contributed by atoms with Crippen molar-refractivity contribution >= 4 is 38.9 Å². The van der Waals surface area contributed by atoms with Gasteiger partial charge in [0.1, 0.15) is 12.4 Å². The van der Waals surface area contributed by atoms with Gasteiger partial charge < -0.3 is 10.5 Å². The van der Waals surface area contributed by atoms with Crippen LogP contribution in [0.1, 0.15) is 17.4 Å². The Morgan fingerprint density at radius 3 is 2.79 bits per heavy atom. The number of nitrogens with two attached hydrogens (primary N) is 1. The van der Waals surface area contributed by atoms with Crippen molar-refractivity contribution < 1.29 is 4.74 Å². The second-order valence-electron chi connectivity index (χ2n) is 4.47. The molecule has 2 nitrogen and oxygen atoms in total. The Morgan fingerprint density at radius 2 is 2.21 bits per heavy atom. The highest BCUT2D eigenvalue weighted by atomic mass is 79.9. The molecule has 1 heterocycles. The van der Waals surface area contributed by atoms with Gasteiger partial charge in [0.15, 0.2) is 0 Å². The minimum atomic E-state index is 0.131. The molecule has 1 aromatic heterocycles. The third-order valence-electron chi connectivity index (χ3n) is 2.55. The normalized spacial score (nSPS) is 12.4. The predicted molar refractivity (Wildman–Crippen MR) is 85.2 cm³/mol. The van der Waals surface area contributed by atoms with Crippen LogP contribution in [0.4, 0.5) is 0 Å². The van der Waals surface area contributed by atoms with Gasteiger partial charge in [-0.05, 0) is 53.0 Å². The number of hydrogen-bond acceptors (Lipinski definition) is 3. The standard InChI is InChI=1S/C14H15BrClNOS/c1-9(17)4-10-2-3-14(13(16)5-10)18-7-12-6-11(15)8-19-12/h2-3,5-6,8-9H,4,7,17H2,1H3. The minimum absolute atomic E-state index is 0.131. The molecule has 0 aliphatic heterocycles. The van der Waals surface area contributed by atoms with Gasteiger partial charge in [-0.25, -0.2) is 0 Å². The molecule has 0 aliphatic rings. The van der Waals surface area contributed by atoms with Crippen LogP contribution in [0.2, 0.25) is 5.02 Å². The smallest absolute Gasteiger partial charge is 0.138 e. The molecule has 0 saturated carbocycles. The summed E-state index contributed by atoms with van der Waals surface area (Å²) in [5.41, 5.74) is 6.90. The quantitative estimate of drug-likeness (QED) is 0.843. The summed E-state index contributed by atoms with van der Waals surface area (Å²) in [4.78, 5) is 1.16. The molecule has 5 heteroatoms. The van der Waals surface area contributed by atoms with E-state index in [2.05, 4.69) is 15.9 Å². The summed E-state index contributed by atoms with van der Waals surface area (Å²) in [6, 6.07) is 8.01. The van der Waals surface area contributed by atoms with Crippen LogP contribution in [0.15, 0.2) is 34.1 Å². The molecule has 1 atom stereocenters. The van der Waals surface area contributed by atoms with Crippen LogP contribution in [0.5, 0.6) is 5.75 Å². The second kappa shape index (κ2) is 6.75. The summed E-state index contributed by atoms with van der Waals surface area (Å²) >= 11 is 11.3. The molecule has 102 valence electrons. The van der Waals surface area contributed by atoms with Gasteiger partial charge in [0, 0.05) is 20.8 Å². The van der Waals surface area contributed by atoms with E-state index in [0.29, 0.717) is 17.4 Å². The van der Waals surface area contributed by atoms with E-state index in [-0.39, 0.29) is 6.04 Å². The fraction of sp³-hybridized carbons (Fsp3) is 0.286. The first-order chi connectivity index (χ1) is 9.04. The van der Waals surface area contributed by atoms with Gasteiger partial charge in [-0.3, -0.25) is 0 Å². The molecule has 0 radical (unpaired) electrons. The maximum absolute atomic E-state index is 6.21. The summed E-state index contributed by atoms with van der Waals surface area (Å²) in [5.74, 6) is 0.708. The highest BCUT2D eigenvalue weighted by molar-refractivity contribution is 9.10. The predicted octanol–water partition coefficient (Wildman–Crippen LogP) is 4.63. The lowest BCUT2D eigenvalue weighted by Gasteiger charge is -2.10. The molecular formula is C14H15BrClNOS. The highest BCUT2D eigenvalue weighted by Gasteiger charge is 2.06. The fourth-order valence-electron chi connectivity index (χ4n) is 1.74. The average molecular weight is 361 g/mol. The van der Waals surface area contributed by atoms with Crippen molar-refractivity contribution in [2.75, 3.05) is 0 Å². The van der Waals surface area contributed by atoms with Gasteiger partial charge in [0.05, 0.1) is 5.02 Å². The van der Waals surface area contributed by atoms with E-state index in [1.807, 2.05) is 36.6 Å². The molecule has 19 heavy (non-hydrogen) atoms. The Labute approximate surface area is 130 Å². The van der Waals surface area contributed by atoms with E-state index in [4.69, 9.17) is 22.1 Å². The third kappa shape index (κ3) is 4.49. The van der Waals surface area contributed by atoms with Gasteiger partial charge in [-0.1, -0.05) is 17.7 Å². The monoisotopic (exact) mass is 359 g/mol. The second-order valence-corrected chi connectivity index (χ2v) is 6.78. The van der Waals surface area contributed by atoms with Gasteiger partial charge in [0.25, 0.3) is 0 Å². The van der Waals surface area contributed by atoms with Crippen molar-refractivity contribution in [1.82, 2.24) is 0 Å². The number of rotatable bonds is 5. The number of ether oxygens (including phenoxy) is 1. The van der Waals surface area contributed by atoms with Crippen molar-refractivity contribution in [3.63, 3.8) is 0 Å². The van der Waals surface area contributed by atoms with Crippen LogP contribution in [-0.4, -0.2) is 6.04 Å². The zero-order valence-electron chi connectivity index (χ0n) is 10.5. The van der Waals surface area contributed by atoms with E-state index in [1.165, 1.54) is 0 Å². The maximum atomic E-state index is 6.21. The number of benzene rings is 1. The lowest BCUT2D eigenvalue weighted by molar-refractivity contribution is 0.310. The van der Waals surface area contributed by atoms with Gasteiger partial charge in [0.2, 0.25) is 0 Å². The average Bonchev–Trinajstić information content (AvgIpc) is 2.73. The number of halogens is 2. The molecule has 1 aromatic carbocycles. The molecule has 1 unspecified atom stereocenters. The molecule has 0 amide bonds. The molecule has 0 saturated heterocycles. The molecule has 2 N–H and O–H groups in total. The van der Waals surface area contributed by atoms with Crippen molar-refractivity contribution in [1.29, 1.82) is 0 Å². The third-order valence-corrected chi connectivity index (χ3v) is 4.51. The van der Waals surface area contributed by atoms with Crippen LogP contribution in [-0.2, 0) is 13.0 Å². The Morgan fingerprint density at radius 1 is 1.42 bits per heavy atom. The topological polar surface area (TPSA) is 35.2 Å². The van der Waals surface area contributed by atoms with E-state index in [0.717, 1.165) is 21.3 Å². The summed E-state index contributed by atoms with van der Waals surface area (Å²) in [6.07, 6.45) is 0.817. The summed E-state index contributed by atoms with van der Waals surface area (Å²) in [7, 11) is 0. The fourth-order valence-corrected chi connectivity index (χ4v) is 3.36. The lowest BCUT2D eigenvalue weighted by Crippen LogP contribution is -2.17. The van der Waals surface area contributed by atoms with E-state index in [9.17, 15) is 0 Å². The Bertz CT molecular complexity index is 556. The van der Waals surface area contributed by atoms with Crippen molar-refractivity contribution in [3.05, 3.63) is 49.6 Å². The lowest BCUT2D eigenvalue weighted by atomic mass is 10.1. The van der Waals surface area contributed by atoms with E-state index >= 15 is 0 Å². The van der Waals surface area contributed by atoms with Gasteiger partial charge in [-0.2, -0.15) is 0 Å². The molecule has 0 fully saturated rings. The summed E-state index contributed by atoms with van der Waals surface area (Å²) < 4.78 is 6.80. The first-order valence-electron chi connectivity index (χ1n) is 5.94. The molecular weight excluding hydrogens is 346 g/mol. The van der Waals surface area contributed by atoms with Crippen LogP contribution in [0.3, 0.4) is 0 Å². The molecule has 2 aromatic rings. The van der Waals surface area contributed by atoms with Crippen LogP contribution < -0.4 is 10.5 Å². The van der Waals surface area contributed by atoms with Gasteiger partial charge in [-0.15, -0.1) is 11.3 Å². The summed E-state index contributed by atoms with van der Waals surface area (Å²) in [5, 5.41) is 2.67. The first-order valence-corrected chi connectivity index (χ1v) is 7.99. The van der Waals surface area contributed by atoms with Crippen molar-refractivity contribution in [2.24, 2.45) is 5.73 Å². The van der Waals surface area contributed by atoms with Crippen LogP contribution in [0, 0.1) is 0 Å². The Hall–Kier alpha value is -0.550. The zero-order valence-corrected chi connectivity index (χ0v) is 13.7. The largest absolute Gasteiger partial charge is 0.487 e. The molecule has 0 bridgehead atoms. The number of hydrogen-bond donors (Lipinski definition) is 1. The van der Waals surface area contributed by atoms with E-state index < -0.39 is 0 Å². The Kier molecular flexibility index (Phi) is 5.28. The molecule has 2 rings (SSSR count). The summed E-state index contributed by atoms with van der Waals surface area (Å²) in [6.45, 7) is 2.51. The highest BCUT2D eigenvalue weighted by Crippen LogP contribution is 2.28. The molecule has 0 spiro atoms. The first kappa shape index (κ1) is 14.9. The minimum Gasteiger partial charge on any atom is -0.487 e. The molecule has 0 aliphatic carbocycles. The van der Waals surface area contributed by atoms with Crippen LogP contribution in [0.25, 0.3) is 0 Å². The number of thiophene rings is 1. The van der Waals surface area contributed by atoms with Crippen molar-refractivity contribution in [3.8, 4) is 5.75 Å². The maximum Gasteiger partial charge on any atom is 0.138 e. The van der Waals surface area contributed by atoms with Crippen molar-refractivity contribution in [2.45, 2.75) is 26.0 Å². The SMILES string of the molecule is CC(N)Cc1ccc(OCc2cc(Br)cs2)c(Cl)c1.